The van der Waals surface area contributed by atoms with Crippen molar-refractivity contribution in [2.45, 2.75) is 13.5 Å². The monoisotopic (exact) mass is 538 g/mol. The van der Waals surface area contributed by atoms with Gasteiger partial charge in [0.2, 0.25) is 0 Å². The quantitative estimate of drug-likeness (QED) is 0.328. The Morgan fingerprint density at radius 1 is 0.971 bits per heavy atom. The maximum absolute atomic E-state index is 13.3. The Kier molecular flexibility index (Phi) is 7.26. The van der Waals surface area contributed by atoms with Gasteiger partial charge in [-0.3, -0.25) is 14.9 Å². The number of urea groups is 1. The minimum absolute atomic E-state index is 0.131. The molecule has 178 valence electrons. The van der Waals surface area contributed by atoms with E-state index in [2.05, 4.69) is 21.2 Å². The van der Waals surface area contributed by atoms with Gasteiger partial charge in [-0.2, -0.15) is 0 Å². The highest BCUT2D eigenvalue weighted by molar-refractivity contribution is 9.10. The van der Waals surface area contributed by atoms with E-state index >= 15 is 0 Å². The summed E-state index contributed by atoms with van der Waals surface area (Å²) in [5.74, 6) is -1.29. The second-order valence-corrected chi connectivity index (χ2v) is 8.32. The molecule has 1 heterocycles. The van der Waals surface area contributed by atoms with Crippen LogP contribution in [0.3, 0.4) is 0 Å². The van der Waals surface area contributed by atoms with Gasteiger partial charge < -0.3 is 9.47 Å². The largest absolute Gasteiger partial charge is 0.490 e. The molecule has 9 heteroatoms. The zero-order chi connectivity index (χ0) is 24.9. The molecule has 3 aromatic carbocycles. The van der Waals surface area contributed by atoms with Gasteiger partial charge in [0.15, 0.2) is 11.5 Å². The molecule has 4 rings (SSSR count). The molecular weight excluding hydrogens is 519 g/mol. The summed E-state index contributed by atoms with van der Waals surface area (Å²) in [7, 11) is 0. The summed E-state index contributed by atoms with van der Waals surface area (Å²) >= 11 is 3.46. The zero-order valence-electron chi connectivity index (χ0n) is 18.6. The second-order valence-electron chi connectivity index (χ2n) is 7.46. The zero-order valence-corrected chi connectivity index (χ0v) is 20.2. The summed E-state index contributed by atoms with van der Waals surface area (Å²) in [5, 5.41) is 2.15. The Hall–Kier alpha value is -3.98. The van der Waals surface area contributed by atoms with Crippen molar-refractivity contribution >= 4 is 45.5 Å². The number of benzene rings is 3. The van der Waals surface area contributed by atoms with Crippen LogP contribution in [-0.4, -0.2) is 24.5 Å². The molecule has 0 aromatic heterocycles. The first-order chi connectivity index (χ1) is 16.9. The maximum atomic E-state index is 13.3. The van der Waals surface area contributed by atoms with Gasteiger partial charge in [-0.15, -0.1) is 0 Å². The molecule has 1 fully saturated rings. The molecule has 4 amide bonds. The molecule has 0 saturated carbocycles. The second kappa shape index (κ2) is 10.5. The number of rotatable bonds is 7. The lowest BCUT2D eigenvalue weighted by atomic mass is 10.1. The van der Waals surface area contributed by atoms with Gasteiger partial charge in [0.25, 0.3) is 11.8 Å². The van der Waals surface area contributed by atoms with Crippen molar-refractivity contribution in [3.8, 4) is 11.5 Å². The van der Waals surface area contributed by atoms with Crippen LogP contribution in [0.2, 0.25) is 0 Å². The van der Waals surface area contributed by atoms with Crippen LogP contribution in [0.4, 0.5) is 14.9 Å². The van der Waals surface area contributed by atoms with Gasteiger partial charge in [-0.1, -0.05) is 46.3 Å². The van der Waals surface area contributed by atoms with E-state index in [1.807, 2.05) is 37.3 Å². The predicted octanol–water partition coefficient (Wildman–Crippen LogP) is 5.23. The van der Waals surface area contributed by atoms with E-state index < -0.39 is 23.7 Å². The Labute approximate surface area is 209 Å². The van der Waals surface area contributed by atoms with Crippen LogP contribution in [0, 0.1) is 5.82 Å². The molecule has 0 atom stereocenters. The molecule has 1 N–H and O–H groups in total. The summed E-state index contributed by atoms with van der Waals surface area (Å²) in [4.78, 5) is 38.7. The van der Waals surface area contributed by atoms with E-state index in [1.165, 1.54) is 18.2 Å². The average Bonchev–Trinajstić information content (AvgIpc) is 2.84. The molecule has 1 saturated heterocycles. The Morgan fingerprint density at radius 3 is 2.34 bits per heavy atom. The van der Waals surface area contributed by atoms with Crippen LogP contribution in [0.15, 0.2) is 76.8 Å². The van der Waals surface area contributed by atoms with Crippen molar-refractivity contribution in [1.29, 1.82) is 0 Å². The number of halogens is 2. The number of anilines is 1. The first-order valence-corrected chi connectivity index (χ1v) is 11.5. The average molecular weight is 539 g/mol. The number of amides is 4. The number of hydrogen-bond donors (Lipinski definition) is 1. The highest BCUT2D eigenvalue weighted by Gasteiger charge is 2.37. The summed E-state index contributed by atoms with van der Waals surface area (Å²) in [6, 6.07) is 16.8. The lowest BCUT2D eigenvalue weighted by molar-refractivity contribution is -0.122. The number of carbonyl (C=O) groups is 3. The van der Waals surface area contributed by atoms with Crippen LogP contribution >= 0.6 is 15.9 Å². The van der Waals surface area contributed by atoms with Crippen molar-refractivity contribution in [3.05, 3.63) is 93.7 Å². The predicted molar refractivity (Wildman–Crippen MR) is 131 cm³/mol. The maximum Gasteiger partial charge on any atom is 0.335 e. The fraction of sp³-hybridized carbons (Fsp3) is 0.115. The third kappa shape index (κ3) is 5.41. The number of imide groups is 2. The van der Waals surface area contributed by atoms with E-state index in [9.17, 15) is 18.8 Å². The van der Waals surface area contributed by atoms with Gasteiger partial charge >= 0.3 is 6.03 Å². The fourth-order valence-corrected chi connectivity index (χ4v) is 3.85. The minimum atomic E-state index is -0.914. The van der Waals surface area contributed by atoms with E-state index in [1.54, 1.807) is 12.1 Å². The smallest absolute Gasteiger partial charge is 0.335 e. The molecular formula is C26H20BrFN2O5. The molecule has 7 nitrogen and oxygen atoms in total. The van der Waals surface area contributed by atoms with Gasteiger partial charge in [0.05, 0.1) is 12.3 Å². The van der Waals surface area contributed by atoms with Gasteiger partial charge in [0.1, 0.15) is 18.0 Å². The topological polar surface area (TPSA) is 84.9 Å². The van der Waals surface area contributed by atoms with Crippen molar-refractivity contribution in [1.82, 2.24) is 5.32 Å². The molecule has 0 radical (unpaired) electrons. The van der Waals surface area contributed by atoms with E-state index in [0.29, 0.717) is 34.7 Å². The summed E-state index contributed by atoms with van der Waals surface area (Å²) in [6.45, 7) is 2.51. The van der Waals surface area contributed by atoms with Gasteiger partial charge in [-0.25, -0.2) is 14.1 Å². The molecule has 0 aliphatic carbocycles. The number of hydrogen-bond acceptors (Lipinski definition) is 5. The van der Waals surface area contributed by atoms with Crippen LogP contribution in [-0.2, 0) is 16.2 Å². The highest BCUT2D eigenvalue weighted by Crippen LogP contribution is 2.36. The molecule has 35 heavy (non-hydrogen) atoms. The first-order valence-electron chi connectivity index (χ1n) is 10.7. The first kappa shape index (κ1) is 24.2. The van der Waals surface area contributed by atoms with Crippen molar-refractivity contribution in [3.63, 3.8) is 0 Å². The van der Waals surface area contributed by atoms with E-state index in [-0.39, 0.29) is 11.3 Å². The third-order valence-electron chi connectivity index (χ3n) is 5.09. The molecule has 0 unspecified atom stereocenters. The lowest BCUT2D eigenvalue weighted by Gasteiger charge is -2.26. The number of ether oxygens (including phenoxy) is 2. The molecule has 0 bridgehead atoms. The Bertz CT molecular complexity index is 1310. The van der Waals surface area contributed by atoms with Crippen LogP contribution in [0.5, 0.6) is 11.5 Å². The summed E-state index contributed by atoms with van der Waals surface area (Å²) < 4.78 is 25.5. The Morgan fingerprint density at radius 2 is 1.66 bits per heavy atom. The lowest BCUT2D eigenvalue weighted by Crippen LogP contribution is -2.54. The highest BCUT2D eigenvalue weighted by atomic mass is 79.9. The number of carbonyl (C=O) groups excluding carboxylic acids is 3. The standard InChI is InChI=1S/C26H20BrFN2O5/c1-2-34-22-13-17(21(27)14-23(22)35-15-16-6-4-3-5-7-16)12-20-24(31)29-26(33)30(25(20)32)19-10-8-18(28)9-11-19/h3-14H,2,15H2,1H3,(H,29,31,33)/b20-12+. The van der Waals surface area contributed by atoms with Crippen LogP contribution in [0.25, 0.3) is 6.08 Å². The van der Waals surface area contributed by atoms with E-state index in [4.69, 9.17) is 9.47 Å². The van der Waals surface area contributed by atoms with Crippen LogP contribution in [0.1, 0.15) is 18.1 Å². The van der Waals surface area contributed by atoms with Gasteiger partial charge in [-0.05, 0) is 60.5 Å². The number of nitrogens with one attached hydrogen (secondary N) is 1. The Balaban J connectivity index is 1.66. The molecule has 3 aromatic rings. The number of barbiturate groups is 1. The normalized spacial score (nSPS) is 14.8. The minimum Gasteiger partial charge on any atom is -0.490 e. The molecule has 1 aliphatic rings. The van der Waals surface area contributed by atoms with Crippen LogP contribution < -0.4 is 19.7 Å². The number of nitrogens with zero attached hydrogens (tertiary/aromatic N) is 1. The molecule has 1 aliphatic heterocycles. The summed E-state index contributed by atoms with van der Waals surface area (Å²) in [5.41, 5.74) is 1.31. The fourth-order valence-electron chi connectivity index (χ4n) is 3.42. The van der Waals surface area contributed by atoms with Crippen molar-refractivity contribution < 1.29 is 28.2 Å². The van der Waals surface area contributed by atoms with Crippen molar-refractivity contribution in [2.24, 2.45) is 0 Å². The third-order valence-corrected chi connectivity index (χ3v) is 5.77. The summed E-state index contributed by atoms with van der Waals surface area (Å²) in [6.07, 6.45) is 1.36. The van der Waals surface area contributed by atoms with Crippen molar-refractivity contribution in [2.75, 3.05) is 11.5 Å². The van der Waals surface area contributed by atoms with E-state index in [0.717, 1.165) is 22.6 Å². The molecule has 0 spiro atoms. The SMILES string of the molecule is CCOc1cc(/C=C2\C(=O)NC(=O)N(c3ccc(F)cc3)C2=O)c(Br)cc1OCc1ccccc1. The van der Waals surface area contributed by atoms with Gasteiger partial charge in [0, 0.05) is 4.47 Å².